The molecule has 37 heavy (non-hydrogen) atoms. The van der Waals surface area contributed by atoms with Crippen molar-refractivity contribution in [3.05, 3.63) is 60.2 Å². The van der Waals surface area contributed by atoms with E-state index < -0.39 is 17.9 Å². The van der Waals surface area contributed by atoms with Crippen molar-refractivity contribution in [3.8, 4) is 0 Å². The molecule has 0 aromatic heterocycles. The molecule has 2 fully saturated rings. The number of aliphatic carboxylic acids is 1. The lowest BCUT2D eigenvalue weighted by molar-refractivity contribution is -0.138. The number of nitrogens with zero attached hydrogens (tertiary/aromatic N) is 1. The first kappa shape index (κ1) is 26.2. The molecule has 4 N–H and O–H groups in total. The van der Waals surface area contributed by atoms with Crippen molar-refractivity contribution in [3.63, 3.8) is 0 Å². The number of benzene rings is 2. The van der Waals surface area contributed by atoms with Gasteiger partial charge in [-0.3, -0.25) is 14.4 Å². The molecule has 1 heterocycles. The third-order valence-electron chi connectivity index (χ3n) is 7.15. The summed E-state index contributed by atoms with van der Waals surface area (Å²) in [5, 5.41) is 17.9. The quantitative estimate of drug-likeness (QED) is 0.410. The monoisotopic (exact) mass is 506 g/mol. The van der Waals surface area contributed by atoms with Crippen LogP contribution in [0.4, 0.5) is 16.2 Å². The summed E-state index contributed by atoms with van der Waals surface area (Å²) in [6.07, 6.45) is 4.99. The molecule has 196 valence electrons. The third-order valence-corrected chi connectivity index (χ3v) is 7.15. The maximum absolute atomic E-state index is 13.1. The average Bonchev–Trinajstić information content (AvgIpc) is 3.30. The molecule has 2 aliphatic rings. The molecule has 1 aliphatic heterocycles. The first-order chi connectivity index (χ1) is 17.9. The van der Waals surface area contributed by atoms with Crippen molar-refractivity contribution in [2.75, 3.05) is 16.8 Å². The minimum absolute atomic E-state index is 0.0610. The van der Waals surface area contributed by atoms with Gasteiger partial charge in [0.05, 0.1) is 12.3 Å². The van der Waals surface area contributed by atoms with Crippen LogP contribution in [0.15, 0.2) is 54.6 Å². The maximum atomic E-state index is 13.1. The van der Waals surface area contributed by atoms with Gasteiger partial charge in [-0.15, -0.1) is 0 Å². The molecule has 9 heteroatoms. The highest BCUT2D eigenvalue weighted by Gasteiger charge is 2.37. The van der Waals surface area contributed by atoms with Crippen LogP contribution in [-0.2, 0) is 20.9 Å². The Bertz CT molecular complexity index is 1120. The van der Waals surface area contributed by atoms with Gasteiger partial charge in [0.2, 0.25) is 11.8 Å². The normalized spacial score (nSPS) is 18.8. The number of carbonyl (C=O) groups is 4. The zero-order chi connectivity index (χ0) is 26.2. The Morgan fingerprint density at radius 2 is 1.76 bits per heavy atom. The number of carbonyl (C=O) groups excluding carboxylic acids is 3. The Kier molecular flexibility index (Phi) is 8.77. The molecule has 2 atom stereocenters. The molecule has 0 radical (unpaired) electrons. The Morgan fingerprint density at radius 3 is 2.49 bits per heavy atom. The number of carboxylic acids is 1. The number of carboxylic acid groups (broad SMARTS) is 1. The molecule has 9 nitrogen and oxygen atoms in total. The second-order valence-corrected chi connectivity index (χ2v) is 9.86. The average molecular weight is 507 g/mol. The second kappa shape index (κ2) is 12.4. The Labute approximate surface area is 216 Å². The van der Waals surface area contributed by atoms with Gasteiger partial charge in [-0.05, 0) is 42.5 Å². The van der Waals surface area contributed by atoms with Gasteiger partial charge in [0, 0.05) is 36.9 Å². The number of amides is 4. The van der Waals surface area contributed by atoms with Crippen LogP contribution in [0.5, 0.6) is 0 Å². The zero-order valence-corrected chi connectivity index (χ0v) is 20.8. The number of nitrogens with one attached hydrogen (secondary N) is 3. The van der Waals surface area contributed by atoms with Crippen LogP contribution in [0.2, 0.25) is 0 Å². The molecule has 2 aromatic rings. The lowest BCUT2D eigenvalue weighted by atomic mass is 9.82. The molecule has 1 saturated carbocycles. The van der Waals surface area contributed by atoms with E-state index in [1.807, 2.05) is 30.3 Å². The maximum Gasteiger partial charge on any atom is 0.319 e. The molecule has 4 amide bonds. The van der Waals surface area contributed by atoms with Gasteiger partial charge >= 0.3 is 12.0 Å². The predicted molar refractivity (Wildman–Crippen MR) is 140 cm³/mol. The van der Waals surface area contributed by atoms with E-state index in [2.05, 4.69) is 16.0 Å². The topological polar surface area (TPSA) is 128 Å². The minimum atomic E-state index is -0.933. The van der Waals surface area contributed by atoms with Gasteiger partial charge in [0.1, 0.15) is 0 Å². The van der Waals surface area contributed by atoms with E-state index in [-0.39, 0.29) is 43.1 Å². The largest absolute Gasteiger partial charge is 0.481 e. The van der Waals surface area contributed by atoms with Crippen LogP contribution in [0, 0.1) is 11.8 Å². The molecule has 0 spiro atoms. The van der Waals surface area contributed by atoms with Crippen molar-refractivity contribution in [2.24, 2.45) is 11.8 Å². The SMILES string of the molecule is O=C(O)CC(NC(=O)C1CC(=O)N(c2cccc(NC(=O)NCc3ccccc3)c2)C1)C1CCCCC1. The standard InChI is InChI=1S/C28H34N4O5/c33-25-14-21(27(36)31-24(16-26(34)35)20-10-5-2-6-11-20)18-32(25)23-13-7-12-22(15-23)30-28(37)29-17-19-8-3-1-4-9-19/h1,3-4,7-9,12-13,15,20-21,24H,2,5-6,10-11,14,16-18H2,(H,31,36)(H,34,35)(H2,29,30,37). The van der Waals surface area contributed by atoms with Crippen LogP contribution in [0.1, 0.15) is 50.5 Å². The van der Waals surface area contributed by atoms with Crippen LogP contribution < -0.4 is 20.9 Å². The molecular formula is C28H34N4O5. The molecule has 2 unspecified atom stereocenters. The number of anilines is 2. The Morgan fingerprint density at radius 1 is 1.00 bits per heavy atom. The van der Waals surface area contributed by atoms with E-state index in [4.69, 9.17) is 0 Å². The highest BCUT2D eigenvalue weighted by molar-refractivity contribution is 6.01. The van der Waals surface area contributed by atoms with Crippen LogP contribution in [0.25, 0.3) is 0 Å². The summed E-state index contributed by atoms with van der Waals surface area (Å²) in [6, 6.07) is 15.7. The van der Waals surface area contributed by atoms with Crippen molar-refractivity contribution < 1.29 is 24.3 Å². The Balaban J connectivity index is 1.34. The van der Waals surface area contributed by atoms with E-state index in [9.17, 15) is 24.3 Å². The van der Waals surface area contributed by atoms with Gasteiger partial charge in [-0.2, -0.15) is 0 Å². The first-order valence-electron chi connectivity index (χ1n) is 12.9. The van der Waals surface area contributed by atoms with Crippen LogP contribution in [-0.4, -0.2) is 41.5 Å². The fourth-order valence-corrected chi connectivity index (χ4v) is 5.20. The molecule has 0 bridgehead atoms. The van der Waals surface area contributed by atoms with Gasteiger partial charge < -0.3 is 26.0 Å². The summed E-state index contributed by atoms with van der Waals surface area (Å²) in [7, 11) is 0. The fraction of sp³-hybridized carbons (Fsp3) is 0.429. The van der Waals surface area contributed by atoms with E-state index in [1.54, 1.807) is 29.2 Å². The molecule has 2 aromatic carbocycles. The highest BCUT2D eigenvalue weighted by Crippen LogP contribution is 2.30. The predicted octanol–water partition coefficient (Wildman–Crippen LogP) is 3.90. The van der Waals surface area contributed by atoms with Crippen LogP contribution in [0.3, 0.4) is 0 Å². The van der Waals surface area contributed by atoms with Crippen molar-refractivity contribution in [1.29, 1.82) is 0 Å². The molecule has 1 aliphatic carbocycles. The van der Waals surface area contributed by atoms with E-state index in [0.29, 0.717) is 17.9 Å². The summed E-state index contributed by atoms with van der Waals surface area (Å²) in [6.45, 7) is 0.594. The van der Waals surface area contributed by atoms with E-state index in [1.165, 1.54) is 0 Å². The number of hydrogen-bond acceptors (Lipinski definition) is 4. The number of rotatable bonds is 9. The molecular weight excluding hydrogens is 472 g/mol. The van der Waals surface area contributed by atoms with Crippen molar-refractivity contribution in [1.82, 2.24) is 10.6 Å². The molecule has 4 rings (SSSR count). The minimum Gasteiger partial charge on any atom is -0.481 e. The summed E-state index contributed by atoms with van der Waals surface area (Å²) in [4.78, 5) is 51.2. The number of urea groups is 1. The van der Waals surface area contributed by atoms with Gasteiger partial charge in [-0.25, -0.2) is 4.79 Å². The van der Waals surface area contributed by atoms with E-state index >= 15 is 0 Å². The smallest absolute Gasteiger partial charge is 0.319 e. The van der Waals surface area contributed by atoms with Crippen molar-refractivity contribution in [2.45, 2.75) is 57.5 Å². The van der Waals surface area contributed by atoms with Crippen LogP contribution >= 0.6 is 0 Å². The lowest BCUT2D eigenvalue weighted by Crippen LogP contribution is -2.45. The summed E-state index contributed by atoms with van der Waals surface area (Å²) in [5.41, 5.74) is 2.10. The Hall–Kier alpha value is -3.88. The molecule has 1 saturated heterocycles. The first-order valence-corrected chi connectivity index (χ1v) is 12.9. The van der Waals surface area contributed by atoms with E-state index in [0.717, 1.165) is 37.7 Å². The summed E-state index contributed by atoms with van der Waals surface area (Å²) in [5.74, 6) is -1.80. The number of hydrogen-bond donors (Lipinski definition) is 4. The van der Waals surface area contributed by atoms with Crippen molar-refractivity contribution >= 4 is 35.2 Å². The van der Waals surface area contributed by atoms with Gasteiger partial charge in [0.25, 0.3) is 0 Å². The highest BCUT2D eigenvalue weighted by atomic mass is 16.4. The summed E-state index contributed by atoms with van der Waals surface area (Å²) >= 11 is 0. The third kappa shape index (κ3) is 7.31. The van der Waals surface area contributed by atoms with Gasteiger partial charge in [-0.1, -0.05) is 55.7 Å². The zero-order valence-electron chi connectivity index (χ0n) is 20.8. The lowest BCUT2D eigenvalue weighted by Gasteiger charge is -2.30. The fourth-order valence-electron chi connectivity index (χ4n) is 5.20. The second-order valence-electron chi connectivity index (χ2n) is 9.86. The van der Waals surface area contributed by atoms with Gasteiger partial charge in [0.15, 0.2) is 0 Å². The summed E-state index contributed by atoms with van der Waals surface area (Å²) < 4.78 is 0.